The van der Waals surface area contributed by atoms with E-state index in [-0.39, 0.29) is 23.9 Å². The van der Waals surface area contributed by atoms with E-state index in [4.69, 9.17) is 5.11 Å². The molecule has 1 amide bonds. The van der Waals surface area contributed by atoms with Gasteiger partial charge >= 0.3 is 0 Å². The maximum Gasteiger partial charge on any atom is 0.287 e. The summed E-state index contributed by atoms with van der Waals surface area (Å²) in [6.45, 7) is 6.02. The van der Waals surface area contributed by atoms with Crippen molar-refractivity contribution in [3.63, 3.8) is 0 Å². The molecule has 1 heterocycles. The zero-order valence-electron chi connectivity index (χ0n) is 12.0. The van der Waals surface area contributed by atoms with E-state index in [1.165, 1.54) is 12.3 Å². The Bertz CT molecular complexity index is 494. The van der Waals surface area contributed by atoms with Crippen LogP contribution >= 0.6 is 0 Å². The van der Waals surface area contributed by atoms with Gasteiger partial charge < -0.3 is 15.0 Å². The number of aromatic nitrogens is 1. The summed E-state index contributed by atoms with van der Waals surface area (Å²) >= 11 is 0. The molecule has 0 aliphatic carbocycles. The number of aliphatic hydroxyl groups is 1. The van der Waals surface area contributed by atoms with E-state index >= 15 is 0 Å². The summed E-state index contributed by atoms with van der Waals surface area (Å²) in [7, 11) is 0. The predicted molar refractivity (Wildman–Crippen MR) is 74.6 cm³/mol. The normalized spacial score (nSPS) is 11.4. The zero-order chi connectivity index (χ0) is 15.3. The Labute approximate surface area is 117 Å². The lowest BCUT2D eigenvalue weighted by molar-refractivity contribution is -0.384. The van der Waals surface area contributed by atoms with Crippen molar-refractivity contribution in [3.05, 3.63) is 28.1 Å². The molecule has 112 valence electrons. The minimum absolute atomic E-state index is 0.0383. The fraction of sp³-hybridized carbons (Fsp3) is 0.615. The van der Waals surface area contributed by atoms with Gasteiger partial charge in [-0.25, -0.2) is 0 Å². The number of hydrogen-bond donors (Lipinski definition) is 2. The van der Waals surface area contributed by atoms with Crippen molar-refractivity contribution in [2.75, 3.05) is 6.61 Å². The molecular formula is C13H21N3O4. The molecule has 0 aliphatic rings. The van der Waals surface area contributed by atoms with Crippen LogP contribution in [-0.2, 0) is 6.54 Å². The van der Waals surface area contributed by atoms with Crippen molar-refractivity contribution in [2.24, 2.45) is 0 Å². The number of carbonyl (C=O) groups excluding carboxylic acids is 1. The van der Waals surface area contributed by atoms with Crippen LogP contribution in [-0.4, -0.2) is 32.6 Å². The van der Waals surface area contributed by atoms with Gasteiger partial charge in [0.25, 0.3) is 11.6 Å². The minimum Gasteiger partial charge on any atom is -0.396 e. The van der Waals surface area contributed by atoms with Crippen molar-refractivity contribution in [2.45, 2.75) is 45.7 Å². The first-order valence-electron chi connectivity index (χ1n) is 6.58. The van der Waals surface area contributed by atoms with Crippen LogP contribution in [0.15, 0.2) is 12.3 Å². The molecule has 0 bridgehead atoms. The SMILES string of the molecule is CCCn1cc([N+](=O)[O-])cc1C(=O)NC(C)(C)CCO. The first-order valence-corrected chi connectivity index (χ1v) is 6.58. The highest BCUT2D eigenvalue weighted by molar-refractivity contribution is 5.94. The van der Waals surface area contributed by atoms with Crippen LogP contribution in [0.5, 0.6) is 0 Å². The summed E-state index contributed by atoms with van der Waals surface area (Å²) in [5.41, 5.74) is -0.393. The van der Waals surface area contributed by atoms with E-state index < -0.39 is 10.5 Å². The second-order valence-electron chi connectivity index (χ2n) is 5.35. The summed E-state index contributed by atoms with van der Waals surface area (Å²) in [6.07, 6.45) is 2.55. The number of rotatable bonds is 7. The van der Waals surface area contributed by atoms with Gasteiger partial charge in [0.05, 0.1) is 11.1 Å². The standard InChI is InChI=1S/C13H21N3O4/c1-4-6-15-9-10(16(19)20)8-11(15)12(18)14-13(2,3)5-7-17/h8-9,17H,4-7H2,1-3H3,(H,14,18). The summed E-state index contributed by atoms with van der Waals surface area (Å²) in [6, 6.07) is 1.28. The number of amides is 1. The zero-order valence-corrected chi connectivity index (χ0v) is 12.0. The molecule has 0 saturated carbocycles. The van der Waals surface area contributed by atoms with Gasteiger partial charge in [-0.3, -0.25) is 14.9 Å². The quantitative estimate of drug-likeness (QED) is 0.588. The number of aryl methyl sites for hydroxylation is 1. The lowest BCUT2D eigenvalue weighted by Crippen LogP contribution is -2.44. The highest BCUT2D eigenvalue weighted by Gasteiger charge is 2.24. The van der Waals surface area contributed by atoms with Gasteiger partial charge in [-0.2, -0.15) is 0 Å². The summed E-state index contributed by atoms with van der Waals surface area (Å²) in [5, 5.41) is 22.5. The highest BCUT2D eigenvalue weighted by atomic mass is 16.6. The summed E-state index contributed by atoms with van der Waals surface area (Å²) in [4.78, 5) is 22.5. The molecule has 0 atom stereocenters. The van der Waals surface area contributed by atoms with Gasteiger partial charge in [0.15, 0.2) is 0 Å². The molecule has 0 aliphatic heterocycles. The fourth-order valence-corrected chi connectivity index (χ4v) is 1.92. The molecule has 0 radical (unpaired) electrons. The van der Waals surface area contributed by atoms with Gasteiger partial charge in [0.2, 0.25) is 0 Å². The fourth-order valence-electron chi connectivity index (χ4n) is 1.92. The van der Waals surface area contributed by atoms with Gasteiger partial charge in [-0.05, 0) is 26.7 Å². The lowest BCUT2D eigenvalue weighted by Gasteiger charge is -2.25. The lowest BCUT2D eigenvalue weighted by atomic mass is 10.0. The van der Waals surface area contributed by atoms with Crippen LogP contribution in [0.4, 0.5) is 5.69 Å². The molecule has 7 nitrogen and oxygen atoms in total. The van der Waals surface area contributed by atoms with Crippen LogP contribution in [0.2, 0.25) is 0 Å². The third kappa shape index (κ3) is 4.06. The van der Waals surface area contributed by atoms with Crippen LogP contribution in [0, 0.1) is 10.1 Å². The van der Waals surface area contributed by atoms with Gasteiger partial charge in [0.1, 0.15) is 5.69 Å². The minimum atomic E-state index is -0.568. The van der Waals surface area contributed by atoms with Crippen LogP contribution in [0.1, 0.15) is 44.1 Å². The average molecular weight is 283 g/mol. The average Bonchev–Trinajstić information content (AvgIpc) is 2.73. The number of nitrogens with zero attached hydrogens (tertiary/aromatic N) is 2. The highest BCUT2D eigenvalue weighted by Crippen LogP contribution is 2.18. The third-order valence-corrected chi connectivity index (χ3v) is 2.98. The molecule has 1 aromatic heterocycles. The van der Waals surface area contributed by atoms with E-state index in [9.17, 15) is 14.9 Å². The molecule has 0 unspecified atom stereocenters. The van der Waals surface area contributed by atoms with E-state index in [2.05, 4.69) is 5.32 Å². The van der Waals surface area contributed by atoms with E-state index in [0.29, 0.717) is 13.0 Å². The molecule has 0 saturated heterocycles. The Morgan fingerprint density at radius 1 is 1.55 bits per heavy atom. The number of nitro groups is 1. The smallest absolute Gasteiger partial charge is 0.287 e. The molecule has 1 rings (SSSR count). The Morgan fingerprint density at radius 3 is 2.70 bits per heavy atom. The van der Waals surface area contributed by atoms with Crippen molar-refractivity contribution in [1.29, 1.82) is 0 Å². The molecule has 2 N–H and O–H groups in total. The van der Waals surface area contributed by atoms with Crippen molar-refractivity contribution in [1.82, 2.24) is 9.88 Å². The van der Waals surface area contributed by atoms with Crippen LogP contribution in [0.3, 0.4) is 0 Å². The second-order valence-corrected chi connectivity index (χ2v) is 5.35. The number of aliphatic hydroxyl groups excluding tert-OH is 1. The first kappa shape index (κ1) is 16.2. The summed E-state index contributed by atoms with van der Waals surface area (Å²) < 4.78 is 1.59. The maximum atomic E-state index is 12.2. The molecule has 1 aromatic rings. The van der Waals surface area contributed by atoms with Gasteiger partial charge in [0, 0.05) is 24.8 Å². The van der Waals surface area contributed by atoms with Crippen molar-refractivity contribution < 1.29 is 14.8 Å². The molecule has 0 aromatic carbocycles. The van der Waals surface area contributed by atoms with Crippen LogP contribution in [0.25, 0.3) is 0 Å². The molecule has 7 heteroatoms. The summed E-state index contributed by atoms with van der Waals surface area (Å²) in [5.74, 6) is -0.370. The molecular weight excluding hydrogens is 262 g/mol. The van der Waals surface area contributed by atoms with E-state index in [0.717, 1.165) is 6.42 Å². The largest absolute Gasteiger partial charge is 0.396 e. The number of carbonyl (C=O) groups is 1. The first-order chi connectivity index (χ1) is 9.30. The monoisotopic (exact) mass is 283 g/mol. The Kier molecular flexibility index (Phi) is 5.26. The van der Waals surface area contributed by atoms with E-state index in [1.54, 1.807) is 18.4 Å². The number of nitrogens with one attached hydrogen (secondary N) is 1. The topological polar surface area (TPSA) is 97.4 Å². The Hall–Kier alpha value is -1.89. The van der Waals surface area contributed by atoms with Crippen molar-refractivity contribution >= 4 is 11.6 Å². The maximum absolute atomic E-state index is 12.2. The number of hydrogen-bond acceptors (Lipinski definition) is 4. The van der Waals surface area contributed by atoms with Crippen LogP contribution < -0.4 is 5.32 Å². The third-order valence-electron chi connectivity index (χ3n) is 2.98. The molecule has 0 spiro atoms. The van der Waals surface area contributed by atoms with Gasteiger partial charge in [-0.15, -0.1) is 0 Å². The Morgan fingerprint density at radius 2 is 2.20 bits per heavy atom. The molecule has 20 heavy (non-hydrogen) atoms. The molecule has 0 fully saturated rings. The van der Waals surface area contributed by atoms with Crippen molar-refractivity contribution in [3.8, 4) is 0 Å². The predicted octanol–water partition coefficient (Wildman–Crippen LogP) is 1.70. The van der Waals surface area contributed by atoms with Gasteiger partial charge in [-0.1, -0.05) is 6.92 Å². The Balaban J connectivity index is 2.99. The second kappa shape index (κ2) is 6.51. The van der Waals surface area contributed by atoms with E-state index in [1.807, 2.05) is 6.92 Å².